The Balaban J connectivity index is 2.01. The molecule has 0 aliphatic carbocycles. The first-order chi connectivity index (χ1) is 9.36. The molecule has 1 atom stereocenters. The van der Waals surface area contributed by atoms with Crippen LogP contribution in [0.4, 0.5) is 5.69 Å². The largest absolute Gasteiger partial charge is 0.376 e. The number of benzene rings is 1. The zero-order valence-electron chi connectivity index (χ0n) is 11.0. The van der Waals surface area contributed by atoms with Gasteiger partial charge in [0.1, 0.15) is 5.25 Å². The molecule has 0 fully saturated rings. The van der Waals surface area contributed by atoms with Gasteiger partial charge in [0.2, 0.25) is 5.89 Å². The monoisotopic (exact) mass is 315 g/mol. The minimum absolute atomic E-state index is 0.167. The normalized spacial score (nSPS) is 13.2. The molecule has 0 aliphatic heterocycles. The van der Waals surface area contributed by atoms with Crippen molar-refractivity contribution >= 4 is 27.1 Å². The van der Waals surface area contributed by atoms with E-state index in [2.05, 4.69) is 15.5 Å². The SMILES string of the molecule is CC(c1noc(CNc2ccc(Cl)cc2)n1)S(C)(=O)=O. The minimum atomic E-state index is -3.23. The van der Waals surface area contributed by atoms with Crippen molar-refractivity contribution in [2.24, 2.45) is 0 Å². The Morgan fingerprint density at radius 1 is 1.35 bits per heavy atom. The summed E-state index contributed by atoms with van der Waals surface area (Å²) in [7, 11) is -3.23. The summed E-state index contributed by atoms with van der Waals surface area (Å²) in [6.07, 6.45) is 1.14. The van der Waals surface area contributed by atoms with Crippen molar-refractivity contribution < 1.29 is 12.9 Å². The molecule has 0 aliphatic rings. The van der Waals surface area contributed by atoms with Crippen molar-refractivity contribution in [3.8, 4) is 0 Å². The molecule has 0 saturated carbocycles. The Kier molecular flexibility index (Phi) is 4.29. The number of sulfone groups is 1. The Bertz CT molecular complexity index is 682. The number of hydrogen-bond acceptors (Lipinski definition) is 6. The maximum atomic E-state index is 11.4. The van der Waals surface area contributed by atoms with Crippen molar-refractivity contribution in [3.05, 3.63) is 41.0 Å². The highest BCUT2D eigenvalue weighted by atomic mass is 35.5. The van der Waals surface area contributed by atoms with E-state index in [1.165, 1.54) is 6.92 Å². The number of rotatable bonds is 5. The summed E-state index contributed by atoms with van der Waals surface area (Å²) in [5.74, 6) is 0.492. The van der Waals surface area contributed by atoms with E-state index in [-0.39, 0.29) is 5.82 Å². The Morgan fingerprint density at radius 2 is 2.00 bits per heavy atom. The Hall–Kier alpha value is -1.60. The molecule has 0 radical (unpaired) electrons. The predicted molar refractivity (Wildman–Crippen MR) is 76.3 cm³/mol. The van der Waals surface area contributed by atoms with Crippen LogP contribution in [0.2, 0.25) is 5.02 Å². The highest BCUT2D eigenvalue weighted by Gasteiger charge is 2.22. The van der Waals surface area contributed by atoms with Gasteiger partial charge in [0.05, 0.1) is 6.54 Å². The van der Waals surface area contributed by atoms with Gasteiger partial charge in [-0.05, 0) is 31.2 Å². The van der Waals surface area contributed by atoms with Crippen LogP contribution in [0.5, 0.6) is 0 Å². The van der Waals surface area contributed by atoms with Crippen LogP contribution in [-0.2, 0) is 16.4 Å². The molecule has 1 unspecified atom stereocenters. The molecule has 1 aromatic heterocycles. The van der Waals surface area contributed by atoms with Gasteiger partial charge < -0.3 is 9.84 Å². The molecule has 1 N–H and O–H groups in total. The summed E-state index contributed by atoms with van der Waals surface area (Å²) in [6.45, 7) is 1.84. The number of aromatic nitrogens is 2. The lowest BCUT2D eigenvalue weighted by Gasteiger charge is -2.03. The summed E-state index contributed by atoms with van der Waals surface area (Å²) in [5, 5.41) is 6.63. The Morgan fingerprint density at radius 3 is 2.60 bits per heavy atom. The van der Waals surface area contributed by atoms with Gasteiger partial charge in [-0.25, -0.2) is 8.42 Å². The van der Waals surface area contributed by atoms with Gasteiger partial charge in [-0.2, -0.15) is 4.98 Å². The van der Waals surface area contributed by atoms with Crippen LogP contribution in [0.15, 0.2) is 28.8 Å². The number of nitrogens with one attached hydrogen (secondary N) is 1. The van der Waals surface area contributed by atoms with Crippen molar-refractivity contribution in [1.82, 2.24) is 10.1 Å². The van der Waals surface area contributed by atoms with Crippen LogP contribution in [-0.4, -0.2) is 24.8 Å². The van der Waals surface area contributed by atoms with Crippen LogP contribution in [0.1, 0.15) is 23.9 Å². The molecule has 2 rings (SSSR count). The third-order valence-electron chi connectivity index (χ3n) is 2.78. The van der Waals surface area contributed by atoms with E-state index in [9.17, 15) is 8.42 Å². The first-order valence-corrected chi connectivity index (χ1v) is 8.20. The quantitative estimate of drug-likeness (QED) is 0.912. The highest BCUT2D eigenvalue weighted by Crippen LogP contribution is 2.18. The molecule has 0 saturated heterocycles. The molecular formula is C12H14ClN3O3S. The van der Waals surface area contributed by atoms with Crippen molar-refractivity contribution in [1.29, 1.82) is 0 Å². The molecule has 0 spiro atoms. The fourth-order valence-electron chi connectivity index (χ4n) is 1.44. The lowest BCUT2D eigenvalue weighted by Crippen LogP contribution is -2.09. The fraction of sp³-hybridized carbons (Fsp3) is 0.333. The summed E-state index contributed by atoms with van der Waals surface area (Å²) >= 11 is 5.78. The van der Waals surface area contributed by atoms with E-state index in [4.69, 9.17) is 16.1 Å². The number of hydrogen-bond donors (Lipinski definition) is 1. The second-order valence-corrected chi connectivity index (χ2v) is 7.18. The minimum Gasteiger partial charge on any atom is -0.376 e. The first-order valence-electron chi connectivity index (χ1n) is 5.87. The lowest BCUT2D eigenvalue weighted by molar-refractivity contribution is 0.377. The van der Waals surface area contributed by atoms with Crippen LogP contribution < -0.4 is 5.32 Å². The summed E-state index contributed by atoms with van der Waals surface area (Å²) in [4.78, 5) is 4.06. The first kappa shape index (κ1) is 14.8. The maximum Gasteiger partial charge on any atom is 0.245 e. The predicted octanol–water partition coefficient (Wildman–Crippen LogP) is 2.44. The van der Waals surface area contributed by atoms with Crippen LogP contribution in [0.25, 0.3) is 0 Å². The van der Waals surface area contributed by atoms with E-state index in [0.29, 0.717) is 17.5 Å². The van der Waals surface area contributed by atoms with Crippen LogP contribution in [0, 0.1) is 0 Å². The van der Waals surface area contributed by atoms with Gasteiger partial charge in [-0.15, -0.1) is 0 Å². The van der Waals surface area contributed by atoms with Gasteiger partial charge in [0.25, 0.3) is 0 Å². The van der Waals surface area contributed by atoms with Crippen molar-refractivity contribution in [2.75, 3.05) is 11.6 Å². The zero-order chi connectivity index (χ0) is 14.8. The molecule has 108 valence electrons. The van der Waals surface area contributed by atoms with Crippen molar-refractivity contribution in [2.45, 2.75) is 18.7 Å². The summed E-state index contributed by atoms with van der Waals surface area (Å²) in [6, 6.07) is 7.15. The van der Waals surface area contributed by atoms with Gasteiger partial charge in [0, 0.05) is 17.0 Å². The average Bonchev–Trinajstić information content (AvgIpc) is 2.85. The number of anilines is 1. The van der Waals surface area contributed by atoms with Crippen molar-refractivity contribution in [3.63, 3.8) is 0 Å². The maximum absolute atomic E-state index is 11.4. The van der Waals surface area contributed by atoms with E-state index in [1.54, 1.807) is 12.1 Å². The third kappa shape index (κ3) is 3.71. The second kappa shape index (κ2) is 5.80. The summed E-state index contributed by atoms with van der Waals surface area (Å²) < 4.78 is 27.8. The number of halogens is 1. The van der Waals surface area contributed by atoms with Gasteiger partial charge in [-0.1, -0.05) is 16.8 Å². The molecule has 1 aromatic carbocycles. The fourth-order valence-corrected chi connectivity index (χ4v) is 2.05. The molecule has 8 heteroatoms. The smallest absolute Gasteiger partial charge is 0.245 e. The van der Waals surface area contributed by atoms with Gasteiger partial charge in [0.15, 0.2) is 15.7 Å². The molecular weight excluding hydrogens is 302 g/mol. The summed E-state index contributed by atoms with van der Waals surface area (Å²) in [5.41, 5.74) is 0.852. The van der Waals surface area contributed by atoms with E-state index in [0.717, 1.165) is 11.9 Å². The molecule has 0 bridgehead atoms. The number of nitrogens with zero attached hydrogens (tertiary/aromatic N) is 2. The molecule has 2 aromatic rings. The topological polar surface area (TPSA) is 85.1 Å². The Labute approximate surface area is 122 Å². The standard InChI is InChI=1S/C12H14ClN3O3S/c1-8(20(2,17)18)12-15-11(19-16-12)7-14-10-5-3-9(13)4-6-10/h3-6,8,14H,7H2,1-2H3. The molecule has 6 nitrogen and oxygen atoms in total. The second-order valence-electron chi connectivity index (χ2n) is 4.38. The lowest BCUT2D eigenvalue weighted by atomic mass is 10.3. The van der Waals surface area contributed by atoms with E-state index >= 15 is 0 Å². The molecule has 1 heterocycles. The van der Waals surface area contributed by atoms with Gasteiger partial charge >= 0.3 is 0 Å². The average molecular weight is 316 g/mol. The van der Waals surface area contributed by atoms with E-state index in [1.807, 2.05) is 12.1 Å². The van der Waals surface area contributed by atoms with Crippen LogP contribution in [0.3, 0.4) is 0 Å². The van der Waals surface area contributed by atoms with Crippen LogP contribution >= 0.6 is 11.6 Å². The van der Waals surface area contributed by atoms with Gasteiger partial charge in [-0.3, -0.25) is 0 Å². The molecule has 20 heavy (non-hydrogen) atoms. The molecule has 0 amide bonds. The van der Waals surface area contributed by atoms with E-state index < -0.39 is 15.1 Å². The highest BCUT2D eigenvalue weighted by molar-refractivity contribution is 7.90. The third-order valence-corrected chi connectivity index (χ3v) is 4.52. The zero-order valence-corrected chi connectivity index (χ0v) is 12.6.